The van der Waals surface area contributed by atoms with Crippen molar-refractivity contribution in [2.75, 3.05) is 13.2 Å². The fraction of sp³-hybridized carbons (Fsp3) is 0.556. The molecule has 3 aliphatic heterocycles. The van der Waals surface area contributed by atoms with Gasteiger partial charge in [-0.3, -0.25) is 4.57 Å². The first-order valence-electron chi connectivity index (χ1n) is 13.4. The molecular weight excluding hydrogens is 522 g/mol. The predicted octanol–water partition coefficient (Wildman–Crippen LogP) is 5.09. The van der Waals surface area contributed by atoms with Gasteiger partial charge in [0.2, 0.25) is 5.88 Å². The van der Waals surface area contributed by atoms with E-state index in [2.05, 4.69) is 38.7 Å². The van der Waals surface area contributed by atoms with Crippen LogP contribution in [0, 0.1) is 18.3 Å². The van der Waals surface area contributed by atoms with E-state index in [4.69, 9.17) is 23.8 Å². The molecule has 0 amide bonds. The highest BCUT2D eigenvalue weighted by molar-refractivity contribution is 7.45. The Morgan fingerprint density at radius 2 is 2.10 bits per heavy atom. The SMILES string of the molecule is CC[C@H]1O[C@@H](n2cnc3c(OCCC#N)nc(C)nc32)[C@@H](F)C1O[P@@]1O[C@](C)(c2ccccc2)[C@@H]2CCCN21. The van der Waals surface area contributed by atoms with Crippen molar-refractivity contribution >= 4 is 19.7 Å². The van der Waals surface area contributed by atoms with Crippen molar-refractivity contribution in [1.29, 1.82) is 5.26 Å². The van der Waals surface area contributed by atoms with E-state index in [-0.39, 0.29) is 24.9 Å². The zero-order chi connectivity index (χ0) is 27.1. The number of nitrogens with zero attached hydrogens (tertiary/aromatic N) is 6. The van der Waals surface area contributed by atoms with E-state index >= 15 is 4.39 Å². The Morgan fingerprint density at radius 1 is 1.28 bits per heavy atom. The third-order valence-electron chi connectivity index (χ3n) is 7.79. The minimum atomic E-state index is -1.48. The summed E-state index contributed by atoms with van der Waals surface area (Å²) >= 11 is 0. The second-order valence-corrected chi connectivity index (χ2v) is 11.7. The molecule has 0 aliphatic carbocycles. The van der Waals surface area contributed by atoms with E-state index in [9.17, 15) is 0 Å². The van der Waals surface area contributed by atoms with Gasteiger partial charge in [-0.2, -0.15) is 10.2 Å². The standard InChI is InChI=1S/C27H32FN6O4P/c1-4-19-23(37-39-34-14-8-12-20(34)27(3,38-39)18-10-6-5-7-11-18)21(28)26(36-19)33-16-30-22-24(33)31-17(2)32-25(22)35-15-9-13-29/h5-7,10-11,16,19-21,23,26H,4,8-9,12,14-15H2,1-3H3/t19-,20+,21+,23?,26-,27-,39+/m1/s1. The number of ether oxygens (including phenoxy) is 2. The summed E-state index contributed by atoms with van der Waals surface area (Å²) < 4.78 is 45.2. The lowest BCUT2D eigenvalue weighted by Crippen LogP contribution is -2.36. The molecule has 3 saturated heterocycles. The summed E-state index contributed by atoms with van der Waals surface area (Å²) in [6.45, 7) is 6.85. The highest BCUT2D eigenvalue weighted by Crippen LogP contribution is 2.64. The zero-order valence-electron chi connectivity index (χ0n) is 22.2. The van der Waals surface area contributed by atoms with Crippen LogP contribution in [-0.4, -0.2) is 61.8 Å². The van der Waals surface area contributed by atoms with Gasteiger partial charge >= 0.3 is 0 Å². The average molecular weight is 555 g/mol. The number of aromatic nitrogens is 4. The summed E-state index contributed by atoms with van der Waals surface area (Å²) in [5.74, 6) is 0.718. The number of nitriles is 1. The molecule has 1 unspecified atom stereocenters. The molecule has 0 spiro atoms. The molecule has 12 heteroatoms. The van der Waals surface area contributed by atoms with Gasteiger partial charge in [-0.25, -0.2) is 19.0 Å². The van der Waals surface area contributed by atoms with Gasteiger partial charge in [0.15, 0.2) is 23.6 Å². The zero-order valence-corrected chi connectivity index (χ0v) is 23.1. The van der Waals surface area contributed by atoms with Crippen molar-refractivity contribution < 1.29 is 22.9 Å². The number of halogens is 1. The summed E-state index contributed by atoms with van der Waals surface area (Å²) in [7, 11) is -1.48. The Labute approximate surface area is 228 Å². The maximum atomic E-state index is 16.3. The molecule has 206 valence electrons. The minimum absolute atomic E-state index is 0.178. The minimum Gasteiger partial charge on any atom is -0.475 e. The number of hydrogen-bond acceptors (Lipinski definition) is 9. The third kappa shape index (κ3) is 4.58. The number of hydrogen-bond donors (Lipinski definition) is 0. The fourth-order valence-corrected chi connectivity index (χ4v) is 7.98. The van der Waals surface area contributed by atoms with Gasteiger partial charge in [-0.05, 0) is 38.7 Å². The first-order chi connectivity index (χ1) is 18.9. The molecule has 1 aromatic carbocycles. The summed E-state index contributed by atoms with van der Waals surface area (Å²) in [4.78, 5) is 13.2. The third-order valence-corrected chi connectivity index (χ3v) is 9.65. The Kier molecular flexibility index (Phi) is 7.25. The number of benzene rings is 1. The van der Waals surface area contributed by atoms with Crippen LogP contribution in [0.2, 0.25) is 0 Å². The van der Waals surface area contributed by atoms with Crippen LogP contribution in [0.1, 0.15) is 57.1 Å². The van der Waals surface area contributed by atoms with Gasteiger partial charge in [0.1, 0.15) is 24.1 Å². The summed E-state index contributed by atoms with van der Waals surface area (Å²) in [6, 6.07) is 12.4. The fourth-order valence-electron chi connectivity index (χ4n) is 5.83. The molecule has 2 aromatic heterocycles. The van der Waals surface area contributed by atoms with Crippen LogP contribution in [0.3, 0.4) is 0 Å². The maximum Gasteiger partial charge on any atom is 0.260 e. The molecule has 0 bridgehead atoms. The Morgan fingerprint density at radius 3 is 2.87 bits per heavy atom. The molecule has 0 N–H and O–H groups in total. The lowest BCUT2D eigenvalue weighted by atomic mass is 9.87. The topological polar surface area (TPSA) is 108 Å². The van der Waals surface area contributed by atoms with Crippen LogP contribution < -0.4 is 4.74 Å². The predicted molar refractivity (Wildman–Crippen MR) is 141 cm³/mol. The number of fused-ring (bicyclic) bond motifs is 2. The first kappa shape index (κ1) is 26.5. The van der Waals surface area contributed by atoms with Gasteiger partial charge in [-0.15, -0.1) is 0 Å². The largest absolute Gasteiger partial charge is 0.475 e. The van der Waals surface area contributed by atoms with E-state index in [1.165, 1.54) is 6.33 Å². The van der Waals surface area contributed by atoms with Gasteiger partial charge in [-0.1, -0.05) is 37.3 Å². The van der Waals surface area contributed by atoms with Crippen LogP contribution in [0.5, 0.6) is 5.88 Å². The molecule has 6 rings (SSSR count). The molecule has 5 heterocycles. The number of alkyl halides is 1. The van der Waals surface area contributed by atoms with Crippen LogP contribution in [-0.2, 0) is 19.4 Å². The second-order valence-electron chi connectivity index (χ2n) is 10.3. The van der Waals surface area contributed by atoms with Crippen molar-refractivity contribution in [3.8, 4) is 11.9 Å². The normalized spacial score (nSPS) is 32.5. The molecule has 0 saturated carbocycles. The highest BCUT2D eigenvalue weighted by Gasteiger charge is 2.57. The van der Waals surface area contributed by atoms with E-state index in [1.54, 1.807) is 11.5 Å². The van der Waals surface area contributed by atoms with Crippen LogP contribution in [0.15, 0.2) is 36.7 Å². The van der Waals surface area contributed by atoms with Crippen molar-refractivity contribution in [1.82, 2.24) is 24.2 Å². The molecule has 3 fully saturated rings. The van der Waals surface area contributed by atoms with Crippen molar-refractivity contribution in [3.05, 3.63) is 48.0 Å². The Bertz CT molecular complexity index is 1370. The summed E-state index contributed by atoms with van der Waals surface area (Å²) in [5, 5.41) is 8.84. The van der Waals surface area contributed by atoms with Gasteiger partial charge in [0.25, 0.3) is 8.53 Å². The lowest BCUT2D eigenvalue weighted by molar-refractivity contribution is -0.0228. The molecule has 3 aromatic rings. The highest BCUT2D eigenvalue weighted by atomic mass is 31.2. The molecule has 0 radical (unpaired) electrons. The van der Waals surface area contributed by atoms with Gasteiger partial charge < -0.3 is 18.5 Å². The number of aryl methyl sites for hydroxylation is 1. The number of rotatable bonds is 8. The van der Waals surface area contributed by atoms with E-state index in [0.717, 1.165) is 24.9 Å². The molecule has 39 heavy (non-hydrogen) atoms. The van der Waals surface area contributed by atoms with E-state index in [0.29, 0.717) is 23.4 Å². The van der Waals surface area contributed by atoms with Crippen LogP contribution in [0.4, 0.5) is 4.39 Å². The van der Waals surface area contributed by atoms with Crippen molar-refractivity contribution in [2.45, 2.75) is 82.7 Å². The smallest absolute Gasteiger partial charge is 0.260 e. The van der Waals surface area contributed by atoms with Gasteiger partial charge in [0, 0.05) is 6.54 Å². The lowest BCUT2D eigenvalue weighted by Gasteiger charge is -2.29. The van der Waals surface area contributed by atoms with Crippen molar-refractivity contribution in [2.24, 2.45) is 0 Å². The van der Waals surface area contributed by atoms with Crippen LogP contribution >= 0.6 is 8.53 Å². The van der Waals surface area contributed by atoms with Crippen molar-refractivity contribution in [3.63, 3.8) is 0 Å². The second kappa shape index (κ2) is 10.7. The monoisotopic (exact) mass is 554 g/mol. The molecule has 7 atom stereocenters. The molecule has 10 nitrogen and oxygen atoms in total. The van der Waals surface area contributed by atoms with Gasteiger partial charge in [0.05, 0.1) is 31.0 Å². The van der Waals surface area contributed by atoms with E-state index < -0.39 is 38.7 Å². The van der Waals surface area contributed by atoms with E-state index in [1.807, 2.05) is 31.2 Å². The Balaban J connectivity index is 1.26. The molecule has 3 aliphatic rings. The Hall–Kier alpha value is -2.74. The van der Waals surface area contributed by atoms with Crippen LogP contribution in [0.25, 0.3) is 11.2 Å². The molecular formula is C27H32FN6O4P. The average Bonchev–Trinajstić information content (AvgIpc) is 3.71. The number of imidazole rings is 1. The first-order valence-corrected chi connectivity index (χ1v) is 14.6. The summed E-state index contributed by atoms with van der Waals surface area (Å²) in [6.07, 6.45) is 0.636. The summed E-state index contributed by atoms with van der Waals surface area (Å²) in [5.41, 5.74) is 1.39. The quantitative estimate of drug-likeness (QED) is 0.278. The maximum absolute atomic E-state index is 16.3.